The summed E-state index contributed by atoms with van der Waals surface area (Å²) in [6.45, 7) is 8.34. The number of hydrogen-bond donors (Lipinski definition) is 0. The number of rotatable bonds is 3. The molecule has 7 heteroatoms. The van der Waals surface area contributed by atoms with Crippen LogP contribution in [0.4, 0.5) is 9.59 Å². The molecule has 1 amide bonds. The first-order valence-electron chi connectivity index (χ1n) is 7.56. The van der Waals surface area contributed by atoms with Crippen LogP contribution in [0.3, 0.4) is 0 Å². The standard InChI is InChI=1S/C15H25NO6/c1-5-20-14(19)21-12(17)10-11-6-8-16(9-7-11)13(18)22-15(2,3)4/h11H,5-10H2,1-4H3. The lowest BCUT2D eigenvalue weighted by Crippen LogP contribution is -2.42. The fraction of sp³-hybridized carbons (Fsp3) is 0.800. The van der Waals surface area contributed by atoms with Gasteiger partial charge in [-0.15, -0.1) is 0 Å². The van der Waals surface area contributed by atoms with Crippen molar-refractivity contribution in [2.75, 3.05) is 19.7 Å². The quantitative estimate of drug-likeness (QED) is 0.588. The van der Waals surface area contributed by atoms with Gasteiger partial charge in [-0.2, -0.15) is 0 Å². The predicted molar refractivity (Wildman–Crippen MR) is 78.3 cm³/mol. The number of carbonyl (C=O) groups excluding carboxylic acids is 3. The predicted octanol–water partition coefficient (Wildman–Crippen LogP) is 2.72. The lowest BCUT2D eigenvalue weighted by molar-refractivity contribution is -0.141. The second-order valence-electron chi connectivity index (χ2n) is 6.27. The zero-order valence-electron chi connectivity index (χ0n) is 13.7. The molecule has 0 saturated carbocycles. The molecule has 1 saturated heterocycles. The summed E-state index contributed by atoms with van der Waals surface area (Å²) in [7, 11) is 0. The second-order valence-corrected chi connectivity index (χ2v) is 6.27. The summed E-state index contributed by atoms with van der Waals surface area (Å²) < 4.78 is 14.4. The second kappa shape index (κ2) is 8.00. The molecule has 0 aromatic carbocycles. The molecule has 1 aliphatic rings. The van der Waals surface area contributed by atoms with Gasteiger partial charge in [0, 0.05) is 19.5 Å². The molecule has 1 heterocycles. The van der Waals surface area contributed by atoms with Crippen LogP contribution in [-0.4, -0.2) is 48.4 Å². The molecule has 1 aliphatic heterocycles. The van der Waals surface area contributed by atoms with Crippen molar-refractivity contribution in [2.45, 2.75) is 52.6 Å². The van der Waals surface area contributed by atoms with E-state index in [1.54, 1.807) is 11.8 Å². The van der Waals surface area contributed by atoms with E-state index < -0.39 is 17.7 Å². The first-order chi connectivity index (χ1) is 10.2. The Kier molecular flexibility index (Phi) is 6.64. The van der Waals surface area contributed by atoms with Crippen molar-refractivity contribution in [1.82, 2.24) is 4.90 Å². The molecule has 0 N–H and O–H groups in total. The highest BCUT2D eigenvalue weighted by atomic mass is 16.7. The van der Waals surface area contributed by atoms with E-state index in [2.05, 4.69) is 9.47 Å². The number of nitrogens with zero attached hydrogens (tertiary/aromatic N) is 1. The molecule has 0 spiro atoms. The molecule has 0 aromatic heterocycles. The Hall–Kier alpha value is -1.79. The molecular weight excluding hydrogens is 290 g/mol. The third kappa shape index (κ3) is 6.78. The number of piperidine rings is 1. The zero-order chi connectivity index (χ0) is 16.8. The fourth-order valence-corrected chi connectivity index (χ4v) is 2.16. The van der Waals surface area contributed by atoms with E-state index in [1.807, 2.05) is 20.8 Å². The summed E-state index contributed by atoms with van der Waals surface area (Å²) >= 11 is 0. The number of likely N-dealkylation sites (tertiary alicyclic amines) is 1. The fourth-order valence-electron chi connectivity index (χ4n) is 2.16. The molecular formula is C15H25NO6. The first kappa shape index (κ1) is 18.3. The Morgan fingerprint density at radius 3 is 2.23 bits per heavy atom. The summed E-state index contributed by atoms with van der Waals surface area (Å²) in [5.74, 6) is -0.491. The van der Waals surface area contributed by atoms with Gasteiger partial charge in [-0.3, -0.25) is 4.79 Å². The van der Waals surface area contributed by atoms with E-state index in [1.165, 1.54) is 0 Å². The maximum absolute atomic E-state index is 11.9. The highest BCUT2D eigenvalue weighted by Gasteiger charge is 2.28. The third-order valence-corrected chi connectivity index (χ3v) is 3.18. The Morgan fingerprint density at radius 1 is 1.14 bits per heavy atom. The molecule has 7 nitrogen and oxygen atoms in total. The number of carbonyl (C=O) groups is 3. The molecule has 0 aliphatic carbocycles. The van der Waals surface area contributed by atoms with Crippen LogP contribution in [0.5, 0.6) is 0 Å². The summed E-state index contributed by atoms with van der Waals surface area (Å²) in [5.41, 5.74) is -0.516. The van der Waals surface area contributed by atoms with Gasteiger partial charge in [0.1, 0.15) is 5.60 Å². The third-order valence-electron chi connectivity index (χ3n) is 3.18. The van der Waals surface area contributed by atoms with E-state index in [-0.39, 0.29) is 25.0 Å². The van der Waals surface area contributed by atoms with Crippen molar-refractivity contribution in [2.24, 2.45) is 5.92 Å². The summed E-state index contributed by atoms with van der Waals surface area (Å²) in [5, 5.41) is 0. The topological polar surface area (TPSA) is 82.1 Å². The lowest BCUT2D eigenvalue weighted by Gasteiger charge is -2.33. The average molecular weight is 315 g/mol. The number of amides is 1. The van der Waals surface area contributed by atoms with E-state index in [4.69, 9.17) is 4.74 Å². The first-order valence-corrected chi connectivity index (χ1v) is 7.56. The van der Waals surface area contributed by atoms with Gasteiger partial charge in [0.15, 0.2) is 0 Å². The minimum absolute atomic E-state index is 0.0978. The summed E-state index contributed by atoms with van der Waals surface area (Å²) in [6.07, 6.45) is 0.216. The van der Waals surface area contributed by atoms with Gasteiger partial charge >= 0.3 is 18.2 Å². The molecule has 0 atom stereocenters. The molecule has 1 rings (SSSR count). The monoisotopic (exact) mass is 315 g/mol. The van der Waals surface area contributed by atoms with Crippen LogP contribution in [0, 0.1) is 5.92 Å². The van der Waals surface area contributed by atoms with Crippen LogP contribution in [-0.2, 0) is 19.0 Å². The van der Waals surface area contributed by atoms with E-state index >= 15 is 0 Å². The van der Waals surface area contributed by atoms with Crippen LogP contribution >= 0.6 is 0 Å². The SMILES string of the molecule is CCOC(=O)OC(=O)CC1CCN(C(=O)OC(C)(C)C)CC1. The Bertz CT molecular complexity index is 407. The minimum Gasteiger partial charge on any atom is -0.444 e. The molecule has 0 unspecified atom stereocenters. The molecule has 0 radical (unpaired) electrons. The maximum Gasteiger partial charge on any atom is 0.516 e. The zero-order valence-corrected chi connectivity index (χ0v) is 13.7. The van der Waals surface area contributed by atoms with Crippen molar-refractivity contribution in [1.29, 1.82) is 0 Å². The van der Waals surface area contributed by atoms with Crippen molar-refractivity contribution in [3.8, 4) is 0 Å². The van der Waals surface area contributed by atoms with E-state index in [0.717, 1.165) is 0 Å². The Morgan fingerprint density at radius 2 is 1.73 bits per heavy atom. The van der Waals surface area contributed by atoms with Crippen molar-refractivity contribution >= 4 is 18.2 Å². The highest BCUT2D eigenvalue weighted by molar-refractivity contribution is 5.81. The van der Waals surface area contributed by atoms with E-state index in [0.29, 0.717) is 25.9 Å². The molecule has 0 aromatic rings. The number of esters is 1. The molecule has 0 bridgehead atoms. The van der Waals surface area contributed by atoms with Gasteiger partial charge in [0.05, 0.1) is 6.61 Å². The van der Waals surface area contributed by atoms with Crippen LogP contribution < -0.4 is 0 Å². The van der Waals surface area contributed by atoms with E-state index in [9.17, 15) is 14.4 Å². The van der Waals surface area contributed by atoms with Crippen LogP contribution in [0.25, 0.3) is 0 Å². The van der Waals surface area contributed by atoms with Crippen LogP contribution in [0.1, 0.15) is 47.0 Å². The summed E-state index contributed by atoms with van der Waals surface area (Å²) in [4.78, 5) is 36.2. The average Bonchev–Trinajstić information content (AvgIpc) is 2.37. The summed E-state index contributed by atoms with van der Waals surface area (Å²) in [6, 6.07) is 0. The van der Waals surface area contributed by atoms with Crippen molar-refractivity contribution in [3.63, 3.8) is 0 Å². The van der Waals surface area contributed by atoms with Gasteiger partial charge in [0.2, 0.25) is 0 Å². The van der Waals surface area contributed by atoms with Gasteiger partial charge in [-0.05, 0) is 46.5 Å². The minimum atomic E-state index is -0.960. The largest absolute Gasteiger partial charge is 0.516 e. The van der Waals surface area contributed by atoms with Gasteiger partial charge < -0.3 is 19.1 Å². The van der Waals surface area contributed by atoms with Gasteiger partial charge in [0.25, 0.3) is 0 Å². The molecule has 22 heavy (non-hydrogen) atoms. The number of ether oxygens (including phenoxy) is 3. The Labute approximate surface area is 130 Å². The molecule has 126 valence electrons. The van der Waals surface area contributed by atoms with Gasteiger partial charge in [-0.1, -0.05) is 0 Å². The maximum atomic E-state index is 11.9. The van der Waals surface area contributed by atoms with Crippen molar-refractivity contribution < 1.29 is 28.6 Å². The highest BCUT2D eigenvalue weighted by Crippen LogP contribution is 2.22. The Balaban J connectivity index is 2.32. The van der Waals surface area contributed by atoms with Gasteiger partial charge in [-0.25, -0.2) is 9.59 Å². The van der Waals surface area contributed by atoms with Crippen LogP contribution in [0.2, 0.25) is 0 Å². The smallest absolute Gasteiger partial charge is 0.444 e. The lowest BCUT2D eigenvalue weighted by atomic mass is 9.94. The van der Waals surface area contributed by atoms with Crippen LogP contribution in [0.15, 0.2) is 0 Å². The number of hydrogen-bond acceptors (Lipinski definition) is 6. The molecule has 1 fully saturated rings. The normalized spacial score (nSPS) is 16.1. The van der Waals surface area contributed by atoms with Crippen molar-refractivity contribution in [3.05, 3.63) is 0 Å².